The molecule has 0 spiro atoms. The van der Waals surface area contributed by atoms with Crippen molar-refractivity contribution in [2.75, 3.05) is 5.75 Å². The van der Waals surface area contributed by atoms with Crippen LogP contribution < -0.4 is 5.32 Å². The molecule has 2 rings (SSSR count). The van der Waals surface area contributed by atoms with Gasteiger partial charge in [-0.2, -0.15) is 0 Å². The Morgan fingerprint density at radius 1 is 1.33 bits per heavy atom. The van der Waals surface area contributed by atoms with E-state index in [1.807, 2.05) is 6.92 Å². The highest BCUT2D eigenvalue weighted by Crippen LogP contribution is 2.34. The lowest BCUT2D eigenvalue weighted by Crippen LogP contribution is -2.52. The summed E-state index contributed by atoms with van der Waals surface area (Å²) in [4.78, 5) is 27.3. The Morgan fingerprint density at radius 3 is 2.58 bits per heavy atom. The Morgan fingerprint density at radius 2 is 2.04 bits per heavy atom. The second kappa shape index (κ2) is 8.10. The first-order valence-electron chi connectivity index (χ1n) is 8.59. The summed E-state index contributed by atoms with van der Waals surface area (Å²) in [5, 5.41) is 3.06. The van der Waals surface area contributed by atoms with E-state index in [4.69, 9.17) is 4.42 Å². The van der Waals surface area contributed by atoms with Crippen molar-refractivity contribution in [3.05, 3.63) is 24.2 Å². The van der Waals surface area contributed by atoms with Gasteiger partial charge in [-0.1, -0.05) is 27.7 Å². The first-order valence-corrected chi connectivity index (χ1v) is 9.64. The average Bonchev–Trinajstić information content (AvgIpc) is 3.15. The number of furan rings is 1. The minimum atomic E-state index is -0.447. The summed E-state index contributed by atoms with van der Waals surface area (Å²) in [6, 6.07) is 2.98. The van der Waals surface area contributed by atoms with Gasteiger partial charge in [0.25, 0.3) is 5.91 Å². The fourth-order valence-electron chi connectivity index (χ4n) is 2.64. The number of hydrogen-bond donors (Lipinski definition) is 1. The smallest absolute Gasteiger partial charge is 0.291 e. The number of carbonyl (C=O) groups excluding carboxylic acids is 2. The van der Waals surface area contributed by atoms with Crippen molar-refractivity contribution in [3.8, 4) is 0 Å². The van der Waals surface area contributed by atoms with E-state index in [2.05, 4.69) is 33.0 Å². The largest absolute Gasteiger partial charge is 0.459 e. The van der Waals surface area contributed by atoms with E-state index in [-0.39, 0.29) is 23.2 Å². The van der Waals surface area contributed by atoms with Crippen LogP contribution in [0.1, 0.15) is 51.6 Å². The lowest BCUT2D eigenvalue weighted by atomic mass is 10.1. The van der Waals surface area contributed by atoms with Crippen LogP contribution in [-0.4, -0.2) is 39.9 Å². The molecule has 0 aliphatic carbocycles. The van der Waals surface area contributed by atoms with Gasteiger partial charge < -0.3 is 14.6 Å². The van der Waals surface area contributed by atoms with Gasteiger partial charge in [-0.3, -0.25) is 9.59 Å². The van der Waals surface area contributed by atoms with Crippen LogP contribution in [0, 0.1) is 11.8 Å². The summed E-state index contributed by atoms with van der Waals surface area (Å²) < 4.78 is 5.28. The molecule has 1 aliphatic rings. The molecule has 5 nitrogen and oxygen atoms in total. The topological polar surface area (TPSA) is 62.6 Å². The van der Waals surface area contributed by atoms with Gasteiger partial charge in [0, 0.05) is 11.8 Å². The molecular weight excluding hydrogens is 324 g/mol. The standard InChI is InChI=1S/C18H28N2O3S/c1-11(2)9-16-20(18(22)15-7-6-8-23-15)14(10-24-16)17(21)19-13(5)12(3)4/h6-8,11-14,16H,9-10H2,1-5H3,(H,19,21). The maximum Gasteiger partial charge on any atom is 0.291 e. The summed E-state index contributed by atoms with van der Waals surface area (Å²) in [6.45, 7) is 10.4. The molecule has 1 aromatic rings. The maximum absolute atomic E-state index is 12.9. The Hall–Kier alpha value is -1.43. The van der Waals surface area contributed by atoms with Crippen LogP contribution in [0.25, 0.3) is 0 Å². The molecular formula is C18H28N2O3S. The Labute approximate surface area is 148 Å². The van der Waals surface area contributed by atoms with E-state index in [0.717, 1.165) is 6.42 Å². The Kier molecular flexibility index (Phi) is 6.38. The van der Waals surface area contributed by atoms with Crippen LogP contribution in [0.3, 0.4) is 0 Å². The van der Waals surface area contributed by atoms with E-state index in [0.29, 0.717) is 23.3 Å². The zero-order chi connectivity index (χ0) is 17.9. The number of amides is 2. The Balaban J connectivity index is 2.19. The van der Waals surface area contributed by atoms with Gasteiger partial charge >= 0.3 is 0 Å². The van der Waals surface area contributed by atoms with Gasteiger partial charge in [0.15, 0.2) is 5.76 Å². The molecule has 1 N–H and O–H groups in total. The molecule has 0 saturated carbocycles. The molecule has 24 heavy (non-hydrogen) atoms. The van der Waals surface area contributed by atoms with E-state index < -0.39 is 6.04 Å². The van der Waals surface area contributed by atoms with Crippen LogP contribution in [0.4, 0.5) is 0 Å². The molecule has 3 atom stereocenters. The van der Waals surface area contributed by atoms with Gasteiger partial charge in [-0.05, 0) is 37.3 Å². The molecule has 2 amide bonds. The monoisotopic (exact) mass is 352 g/mol. The number of rotatable bonds is 6. The zero-order valence-electron chi connectivity index (χ0n) is 15.1. The summed E-state index contributed by atoms with van der Waals surface area (Å²) >= 11 is 1.68. The molecule has 134 valence electrons. The number of nitrogens with one attached hydrogen (secondary N) is 1. The number of thioether (sulfide) groups is 1. The van der Waals surface area contributed by atoms with Crippen LogP contribution in [0.15, 0.2) is 22.8 Å². The minimum absolute atomic E-state index is 0.00714. The van der Waals surface area contributed by atoms with Crippen molar-refractivity contribution < 1.29 is 14.0 Å². The van der Waals surface area contributed by atoms with Crippen LogP contribution in [-0.2, 0) is 4.79 Å². The molecule has 1 fully saturated rings. The predicted molar refractivity (Wildman–Crippen MR) is 96.8 cm³/mol. The number of carbonyl (C=O) groups is 2. The lowest BCUT2D eigenvalue weighted by Gasteiger charge is -2.30. The summed E-state index contributed by atoms with van der Waals surface area (Å²) in [5.41, 5.74) is 0. The summed E-state index contributed by atoms with van der Waals surface area (Å²) in [5.74, 6) is 1.44. The second-order valence-corrected chi connectivity index (χ2v) is 8.38. The predicted octanol–water partition coefficient (Wildman–Crippen LogP) is 3.37. The van der Waals surface area contributed by atoms with E-state index in [1.54, 1.807) is 28.8 Å². The lowest BCUT2D eigenvalue weighted by molar-refractivity contribution is -0.125. The number of hydrogen-bond acceptors (Lipinski definition) is 4. The third-order valence-corrected chi connectivity index (χ3v) is 5.72. The van der Waals surface area contributed by atoms with Crippen molar-refractivity contribution in [2.24, 2.45) is 11.8 Å². The van der Waals surface area contributed by atoms with Gasteiger partial charge in [-0.15, -0.1) is 11.8 Å². The summed E-state index contributed by atoms with van der Waals surface area (Å²) in [6.07, 6.45) is 2.35. The third kappa shape index (κ3) is 4.35. The third-order valence-electron chi connectivity index (χ3n) is 4.40. The van der Waals surface area contributed by atoms with Crippen molar-refractivity contribution in [1.29, 1.82) is 0 Å². The Bertz CT molecular complexity index is 557. The fraction of sp³-hybridized carbons (Fsp3) is 0.667. The fourth-order valence-corrected chi connectivity index (χ4v) is 4.28. The molecule has 0 aromatic carbocycles. The highest BCUT2D eigenvalue weighted by atomic mass is 32.2. The van der Waals surface area contributed by atoms with E-state index in [1.165, 1.54) is 6.26 Å². The van der Waals surface area contributed by atoms with Gasteiger partial charge in [0.1, 0.15) is 6.04 Å². The van der Waals surface area contributed by atoms with E-state index >= 15 is 0 Å². The van der Waals surface area contributed by atoms with Gasteiger partial charge in [0.05, 0.1) is 11.6 Å². The van der Waals surface area contributed by atoms with Crippen molar-refractivity contribution in [3.63, 3.8) is 0 Å². The second-order valence-electron chi connectivity index (χ2n) is 7.16. The molecule has 1 aromatic heterocycles. The normalized spacial score (nSPS) is 22.2. The molecule has 3 unspecified atom stereocenters. The molecule has 0 radical (unpaired) electrons. The van der Waals surface area contributed by atoms with Crippen molar-refractivity contribution in [1.82, 2.24) is 10.2 Å². The summed E-state index contributed by atoms with van der Waals surface area (Å²) in [7, 11) is 0. The molecule has 1 saturated heterocycles. The quantitative estimate of drug-likeness (QED) is 0.853. The minimum Gasteiger partial charge on any atom is -0.459 e. The molecule has 0 bridgehead atoms. The van der Waals surface area contributed by atoms with Gasteiger partial charge in [0.2, 0.25) is 5.91 Å². The molecule has 1 aliphatic heterocycles. The maximum atomic E-state index is 12.9. The molecule has 2 heterocycles. The van der Waals surface area contributed by atoms with E-state index in [9.17, 15) is 9.59 Å². The zero-order valence-corrected chi connectivity index (χ0v) is 15.9. The van der Waals surface area contributed by atoms with Gasteiger partial charge in [-0.25, -0.2) is 0 Å². The SMILES string of the molecule is CC(C)CC1SCC(C(=O)NC(C)C(C)C)N1C(=O)c1ccco1. The van der Waals surface area contributed by atoms with Crippen molar-refractivity contribution in [2.45, 2.75) is 58.5 Å². The van der Waals surface area contributed by atoms with Crippen LogP contribution in [0.5, 0.6) is 0 Å². The highest BCUT2D eigenvalue weighted by Gasteiger charge is 2.43. The van der Waals surface area contributed by atoms with Crippen LogP contribution in [0.2, 0.25) is 0 Å². The highest BCUT2D eigenvalue weighted by molar-refractivity contribution is 8.00. The first-order chi connectivity index (χ1) is 11.3. The van der Waals surface area contributed by atoms with Crippen LogP contribution >= 0.6 is 11.8 Å². The number of nitrogens with zero attached hydrogens (tertiary/aromatic N) is 1. The average molecular weight is 353 g/mol. The first kappa shape index (κ1) is 18.9. The van der Waals surface area contributed by atoms with Crippen molar-refractivity contribution >= 4 is 23.6 Å². The molecule has 6 heteroatoms.